The van der Waals surface area contributed by atoms with Gasteiger partial charge in [-0.3, -0.25) is 4.79 Å². The minimum Gasteiger partial charge on any atom is -0.451 e. The quantitative estimate of drug-likeness (QED) is 0.562. The van der Waals surface area contributed by atoms with Crippen LogP contribution in [0, 0.1) is 0 Å². The molecule has 0 saturated carbocycles. The van der Waals surface area contributed by atoms with Crippen LogP contribution >= 0.6 is 11.6 Å². The Morgan fingerprint density at radius 2 is 2.04 bits per heavy atom. The van der Waals surface area contributed by atoms with Crippen molar-refractivity contribution in [3.8, 4) is 0 Å². The number of fused-ring (bicyclic) bond motifs is 1. The number of para-hydroxylation sites is 1. The molecule has 0 aliphatic rings. The maximum absolute atomic E-state index is 12.2. The average Bonchev–Trinajstić information content (AvgIpc) is 2.57. The number of nitrogen functional groups attached to an aromatic ring is 1. The molecule has 0 aliphatic carbocycles. The van der Waals surface area contributed by atoms with Gasteiger partial charge in [0.25, 0.3) is 5.56 Å². The predicted octanol–water partition coefficient (Wildman–Crippen LogP) is 3.08. The number of aromatic amines is 1. The Hall–Kier alpha value is -2.86. The van der Waals surface area contributed by atoms with E-state index in [2.05, 4.69) is 9.97 Å². The van der Waals surface area contributed by atoms with Crippen molar-refractivity contribution in [3.05, 3.63) is 69.2 Å². The van der Waals surface area contributed by atoms with Crippen LogP contribution in [0.15, 0.2) is 47.3 Å². The van der Waals surface area contributed by atoms with E-state index < -0.39 is 12.1 Å². The van der Waals surface area contributed by atoms with Gasteiger partial charge in [0.2, 0.25) is 0 Å². The van der Waals surface area contributed by atoms with Crippen molar-refractivity contribution < 1.29 is 9.53 Å². The Bertz CT molecular complexity index is 984. The largest absolute Gasteiger partial charge is 0.451 e. The Morgan fingerprint density at radius 3 is 2.79 bits per heavy atom. The summed E-state index contributed by atoms with van der Waals surface area (Å²) in [6, 6.07) is 11.4. The van der Waals surface area contributed by atoms with E-state index in [1.807, 2.05) is 0 Å². The van der Waals surface area contributed by atoms with E-state index in [4.69, 9.17) is 22.1 Å². The number of esters is 1. The van der Waals surface area contributed by atoms with Gasteiger partial charge >= 0.3 is 5.97 Å². The lowest BCUT2D eigenvalue weighted by molar-refractivity contribution is 0.0320. The Balaban J connectivity index is 1.86. The van der Waals surface area contributed by atoms with Crippen LogP contribution in [-0.2, 0) is 4.74 Å². The number of ether oxygens (including phenoxy) is 1. The molecule has 0 radical (unpaired) electrons. The molecule has 24 heavy (non-hydrogen) atoms. The molecular weight excluding hydrogens is 330 g/mol. The first kappa shape index (κ1) is 16.0. The van der Waals surface area contributed by atoms with E-state index in [-0.39, 0.29) is 22.6 Å². The lowest BCUT2D eigenvalue weighted by atomic mass is 10.2. The van der Waals surface area contributed by atoms with Gasteiger partial charge in [-0.05, 0) is 37.3 Å². The molecule has 0 bridgehead atoms. The van der Waals surface area contributed by atoms with E-state index in [9.17, 15) is 9.59 Å². The predicted molar refractivity (Wildman–Crippen MR) is 92.1 cm³/mol. The van der Waals surface area contributed by atoms with Crippen molar-refractivity contribution in [2.45, 2.75) is 13.0 Å². The molecule has 0 fully saturated rings. The van der Waals surface area contributed by atoms with E-state index >= 15 is 0 Å². The fourth-order valence-corrected chi connectivity index (χ4v) is 2.37. The fraction of sp³-hybridized carbons (Fsp3) is 0.118. The monoisotopic (exact) mass is 343 g/mol. The van der Waals surface area contributed by atoms with E-state index in [0.717, 1.165) is 0 Å². The molecule has 1 unspecified atom stereocenters. The maximum atomic E-state index is 12.2. The van der Waals surface area contributed by atoms with Crippen LogP contribution in [-0.4, -0.2) is 15.9 Å². The van der Waals surface area contributed by atoms with Gasteiger partial charge < -0.3 is 15.5 Å². The number of halogens is 1. The molecule has 2 aromatic carbocycles. The van der Waals surface area contributed by atoms with Gasteiger partial charge in [-0.1, -0.05) is 23.7 Å². The molecule has 3 aromatic rings. The number of nitrogens with one attached hydrogen (secondary N) is 1. The number of benzene rings is 2. The van der Waals surface area contributed by atoms with E-state index in [1.54, 1.807) is 31.2 Å². The molecule has 7 heteroatoms. The molecule has 1 aromatic heterocycles. The highest BCUT2D eigenvalue weighted by atomic mass is 35.5. The number of aromatic nitrogens is 2. The number of anilines is 1. The van der Waals surface area contributed by atoms with Gasteiger partial charge in [0, 0.05) is 0 Å². The molecule has 3 rings (SSSR count). The first-order valence-electron chi connectivity index (χ1n) is 7.20. The lowest BCUT2D eigenvalue weighted by Crippen LogP contribution is -2.17. The maximum Gasteiger partial charge on any atom is 0.338 e. The molecule has 0 aliphatic heterocycles. The zero-order valence-corrected chi connectivity index (χ0v) is 13.5. The topological polar surface area (TPSA) is 98.1 Å². The van der Waals surface area contributed by atoms with Crippen LogP contribution in [0.25, 0.3) is 10.9 Å². The van der Waals surface area contributed by atoms with Gasteiger partial charge in [-0.15, -0.1) is 0 Å². The third kappa shape index (κ3) is 3.09. The smallest absolute Gasteiger partial charge is 0.338 e. The number of carbonyl (C=O) groups excluding carboxylic acids is 1. The SMILES string of the molecule is CC(OC(=O)c1ccc(Cl)c(N)c1)c1nc2ccccc2c(=O)[nH]1. The number of rotatable bonds is 3. The van der Waals surface area contributed by atoms with Crippen LogP contribution in [0.3, 0.4) is 0 Å². The third-order valence-electron chi connectivity index (χ3n) is 3.53. The van der Waals surface area contributed by atoms with E-state index in [1.165, 1.54) is 18.2 Å². The lowest BCUT2D eigenvalue weighted by Gasteiger charge is -2.13. The normalized spacial score (nSPS) is 12.1. The summed E-state index contributed by atoms with van der Waals surface area (Å²) in [5, 5.41) is 0.838. The summed E-state index contributed by atoms with van der Waals surface area (Å²) in [6.07, 6.45) is -0.730. The molecule has 0 saturated heterocycles. The summed E-state index contributed by atoms with van der Waals surface area (Å²) < 4.78 is 5.35. The van der Waals surface area contributed by atoms with Crippen molar-refractivity contribution in [2.75, 3.05) is 5.73 Å². The number of hydrogen-bond donors (Lipinski definition) is 2. The summed E-state index contributed by atoms with van der Waals surface area (Å²) >= 11 is 5.83. The molecule has 1 atom stereocenters. The van der Waals surface area contributed by atoms with Gasteiger partial charge in [0.1, 0.15) is 0 Å². The van der Waals surface area contributed by atoms with E-state index in [0.29, 0.717) is 15.9 Å². The van der Waals surface area contributed by atoms with Crippen LogP contribution in [0.2, 0.25) is 5.02 Å². The molecule has 122 valence electrons. The third-order valence-corrected chi connectivity index (χ3v) is 3.88. The number of carbonyl (C=O) groups is 1. The number of H-pyrrole nitrogens is 1. The second kappa shape index (κ2) is 6.33. The summed E-state index contributed by atoms with van der Waals surface area (Å²) in [5.74, 6) is -0.310. The summed E-state index contributed by atoms with van der Waals surface area (Å²) in [6.45, 7) is 1.63. The van der Waals surface area contributed by atoms with Crippen molar-refractivity contribution in [3.63, 3.8) is 0 Å². The minimum absolute atomic E-state index is 0.270. The molecule has 6 nitrogen and oxygen atoms in total. The molecular formula is C17H14ClN3O3. The molecule has 3 N–H and O–H groups in total. The average molecular weight is 344 g/mol. The van der Waals surface area contributed by atoms with Crippen LogP contribution < -0.4 is 11.3 Å². The van der Waals surface area contributed by atoms with Crippen molar-refractivity contribution in [2.24, 2.45) is 0 Å². The molecule has 0 amide bonds. The van der Waals surface area contributed by atoms with Crippen molar-refractivity contribution in [1.29, 1.82) is 0 Å². The second-order valence-corrected chi connectivity index (χ2v) is 5.66. The zero-order chi connectivity index (χ0) is 17.3. The number of nitrogens with zero attached hydrogens (tertiary/aromatic N) is 1. The minimum atomic E-state index is -0.730. The van der Waals surface area contributed by atoms with Crippen LogP contribution in [0.4, 0.5) is 5.69 Å². The highest BCUT2D eigenvalue weighted by molar-refractivity contribution is 6.33. The van der Waals surface area contributed by atoms with Gasteiger partial charge in [-0.25, -0.2) is 9.78 Å². The standard InChI is InChI=1S/C17H14ClN3O3/c1-9(24-17(23)10-6-7-12(18)13(19)8-10)15-20-14-5-3-2-4-11(14)16(22)21-15/h2-9H,19H2,1H3,(H,20,21,22). The van der Waals surface area contributed by atoms with Gasteiger partial charge in [0.15, 0.2) is 11.9 Å². The zero-order valence-electron chi connectivity index (χ0n) is 12.7. The molecule has 1 heterocycles. The highest BCUT2D eigenvalue weighted by Gasteiger charge is 2.17. The Morgan fingerprint density at radius 1 is 1.29 bits per heavy atom. The second-order valence-electron chi connectivity index (χ2n) is 5.25. The fourth-order valence-electron chi connectivity index (χ4n) is 2.25. The Kier molecular flexibility index (Phi) is 4.22. The van der Waals surface area contributed by atoms with Crippen LogP contribution in [0.5, 0.6) is 0 Å². The highest BCUT2D eigenvalue weighted by Crippen LogP contribution is 2.22. The summed E-state index contributed by atoms with van der Waals surface area (Å²) in [5.41, 5.74) is 6.49. The number of hydrogen-bond acceptors (Lipinski definition) is 5. The summed E-state index contributed by atoms with van der Waals surface area (Å²) in [4.78, 5) is 31.2. The van der Waals surface area contributed by atoms with Gasteiger partial charge in [0.05, 0.1) is 27.2 Å². The first-order valence-corrected chi connectivity index (χ1v) is 7.58. The molecule has 0 spiro atoms. The van der Waals surface area contributed by atoms with Crippen molar-refractivity contribution >= 4 is 34.2 Å². The van der Waals surface area contributed by atoms with Crippen LogP contribution in [0.1, 0.15) is 29.2 Å². The first-order chi connectivity index (χ1) is 11.5. The Labute approximate surface area is 142 Å². The number of nitrogens with two attached hydrogens (primary N) is 1. The summed E-state index contributed by atoms with van der Waals surface area (Å²) in [7, 11) is 0. The van der Waals surface area contributed by atoms with Crippen molar-refractivity contribution in [1.82, 2.24) is 9.97 Å². The van der Waals surface area contributed by atoms with Gasteiger partial charge in [-0.2, -0.15) is 0 Å².